The molecule has 254 valence electrons. The number of aliphatic hydroxyl groups is 1. The Bertz CT molecular complexity index is 857. The molecule has 1 aromatic rings. The third kappa shape index (κ3) is 31.8. The summed E-state index contributed by atoms with van der Waals surface area (Å²) in [5.41, 5.74) is 0.620. The normalized spacial score (nSPS) is 11.4. The van der Waals surface area contributed by atoms with Gasteiger partial charge in [0, 0.05) is 19.3 Å². The molecule has 0 aliphatic heterocycles. The second-order valence-corrected chi connectivity index (χ2v) is 9.96. The van der Waals surface area contributed by atoms with E-state index < -0.39 is 11.1 Å². The quantitative estimate of drug-likeness (QED) is 0.0269. The molecule has 0 saturated carbocycles. The van der Waals surface area contributed by atoms with Crippen molar-refractivity contribution < 1.29 is 34.2 Å². The Labute approximate surface area is 266 Å². The van der Waals surface area contributed by atoms with Crippen LogP contribution in [0.2, 0.25) is 0 Å². The van der Waals surface area contributed by atoms with Gasteiger partial charge in [0.15, 0.2) is 0 Å². The summed E-state index contributed by atoms with van der Waals surface area (Å²) in [5, 5.41) is 21.3. The zero-order chi connectivity index (χ0) is 34.0. The Kier molecular flexibility index (Phi) is 35.4. The first kappa shape index (κ1) is 45.3. The second-order valence-electron chi connectivity index (χ2n) is 9.96. The topological polar surface area (TPSA) is 145 Å². The summed E-state index contributed by atoms with van der Waals surface area (Å²) < 4.78 is 4.96. The number of hydrogen-bond acceptors (Lipinski definition) is 9. The summed E-state index contributed by atoms with van der Waals surface area (Å²) in [7, 11) is 1.64. The van der Waals surface area contributed by atoms with Crippen molar-refractivity contribution in [1.29, 1.82) is 0 Å². The highest BCUT2D eigenvalue weighted by Gasteiger charge is 2.14. The van der Waals surface area contributed by atoms with Crippen molar-refractivity contribution in [3.8, 4) is 5.75 Å². The lowest BCUT2D eigenvalue weighted by Gasteiger charge is -2.17. The van der Waals surface area contributed by atoms with E-state index in [1.807, 2.05) is 33.8 Å². The van der Waals surface area contributed by atoms with Gasteiger partial charge in [0.25, 0.3) is 5.09 Å². The first-order valence-electron chi connectivity index (χ1n) is 16.1. The van der Waals surface area contributed by atoms with E-state index in [-0.39, 0.29) is 19.3 Å². The smallest absolute Gasteiger partial charge is 0.325 e. The fraction of sp³-hybridized carbons (Fsp3) is 0.676. The van der Waals surface area contributed by atoms with Gasteiger partial charge in [0.1, 0.15) is 24.4 Å². The highest BCUT2D eigenvalue weighted by molar-refractivity contribution is 5.78. The fourth-order valence-corrected chi connectivity index (χ4v) is 3.76. The van der Waals surface area contributed by atoms with Crippen LogP contribution in [0.5, 0.6) is 5.75 Å². The Hall–Kier alpha value is -3.11. The minimum Gasteiger partial charge on any atom is -0.426 e. The molecule has 1 aromatic carbocycles. The lowest BCUT2D eigenvalue weighted by molar-refractivity contribution is -0.763. The van der Waals surface area contributed by atoms with Gasteiger partial charge in [-0.15, -0.1) is 10.1 Å². The summed E-state index contributed by atoms with van der Waals surface area (Å²) in [6.45, 7) is 12.1. The van der Waals surface area contributed by atoms with E-state index in [0.717, 1.165) is 44.8 Å². The van der Waals surface area contributed by atoms with Gasteiger partial charge in [0.2, 0.25) is 0 Å². The van der Waals surface area contributed by atoms with Gasteiger partial charge in [-0.2, -0.15) is 0 Å². The zero-order valence-corrected chi connectivity index (χ0v) is 28.3. The van der Waals surface area contributed by atoms with Crippen LogP contribution in [0.3, 0.4) is 0 Å². The molecule has 0 radical (unpaired) electrons. The number of carbonyl (C=O) groups is 3. The standard InChI is InChI=1S/C15H30O2.C10H12N2O5.C7H12O.C2H6/c1-4-6-7-8-9-10-15(17)12-11-14(5-2)13(3)16;1-11-6-10(13)17-9-4-2-8(3-5-9)7-16-12(14)15;1-2-3-4-5-6-7-8;1-2/h13-14,16H,4-12H2,1-3H3;2-5,11H,6-7H2,1H3;2-3,7H,4-6H2,1H3;1-2H3/b;;3-2-;. The van der Waals surface area contributed by atoms with Crippen LogP contribution >= 0.6 is 0 Å². The number of aliphatic hydroxyl groups excluding tert-OH is 1. The van der Waals surface area contributed by atoms with Gasteiger partial charge < -0.3 is 24.8 Å². The molecule has 44 heavy (non-hydrogen) atoms. The number of nitrogens with zero attached hydrogens (tertiary/aromatic N) is 1. The number of esters is 1. The largest absolute Gasteiger partial charge is 0.426 e. The van der Waals surface area contributed by atoms with Crippen LogP contribution in [0.25, 0.3) is 0 Å². The molecule has 0 aliphatic rings. The number of benzene rings is 1. The van der Waals surface area contributed by atoms with E-state index in [4.69, 9.17) is 4.74 Å². The summed E-state index contributed by atoms with van der Waals surface area (Å²) in [4.78, 5) is 46.7. The Balaban J connectivity index is -0.000000591. The summed E-state index contributed by atoms with van der Waals surface area (Å²) >= 11 is 0. The van der Waals surface area contributed by atoms with E-state index in [0.29, 0.717) is 35.9 Å². The molecule has 10 heteroatoms. The van der Waals surface area contributed by atoms with E-state index in [9.17, 15) is 29.6 Å². The van der Waals surface area contributed by atoms with Gasteiger partial charge in [-0.05, 0) is 70.2 Å². The molecule has 0 aromatic heterocycles. The molecule has 10 nitrogen and oxygen atoms in total. The molecule has 1 rings (SSSR count). The summed E-state index contributed by atoms with van der Waals surface area (Å²) in [6.07, 6.45) is 16.7. The number of hydrogen-bond donors (Lipinski definition) is 2. The molecule has 0 bridgehead atoms. The molecular formula is C34H60N2O8. The molecule has 0 fully saturated rings. The second kappa shape index (κ2) is 34.4. The van der Waals surface area contributed by atoms with Crippen molar-refractivity contribution in [1.82, 2.24) is 5.32 Å². The van der Waals surface area contributed by atoms with Gasteiger partial charge in [-0.1, -0.05) is 84.1 Å². The van der Waals surface area contributed by atoms with Gasteiger partial charge in [-0.25, -0.2) is 0 Å². The maximum atomic E-state index is 11.6. The molecule has 0 aliphatic carbocycles. The van der Waals surface area contributed by atoms with Gasteiger partial charge in [0.05, 0.1) is 12.6 Å². The molecule has 0 spiro atoms. The molecule has 2 unspecified atom stereocenters. The van der Waals surface area contributed by atoms with Crippen LogP contribution < -0.4 is 10.1 Å². The fourth-order valence-electron chi connectivity index (χ4n) is 3.76. The highest BCUT2D eigenvalue weighted by Crippen LogP contribution is 2.17. The molecular weight excluding hydrogens is 564 g/mol. The number of nitrogens with one attached hydrogen (secondary N) is 1. The SMILES string of the molecule is C/C=C\CCCC=O.CC.CCCCCCCC(=O)CCC(CC)C(C)O.CNCC(=O)Oc1ccc(CO[N+](=O)[O-])cc1. The number of rotatable bonds is 21. The van der Waals surface area contributed by atoms with Crippen molar-refractivity contribution >= 4 is 18.0 Å². The van der Waals surface area contributed by atoms with Crippen molar-refractivity contribution in [2.45, 2.75) is 131 Å². The molecule has 2 N–H and O–H groups in total. The third-order valence-corrected chi connectivity index (χ3v) is 6.30. The van der Waals surface area contributed by atoms with Crippen LogP contribution in [0.15, 0.2) is 36.4 Å². The third-order valence-electron chi connectivity index (χ3n) is 6.30. The molecule has 0 heterocycles. The molecule has 0 amide bonds. The summed E-state index contributed by atoms with van der Waals surface area (Å²) in [5.74, 6) is 0.650. The minimum atomic E-state index is -0.860. The highest BCUT2D eigenvalue weighted by atomic mass is 16.9. The number of allylic oxidation sites excluding steroid dienone is 2. The lowest BCUT2D eigenvalue weighted by atomic mass is 9.93. The lowest BCUT2D eigenvalue weighted by Crippen LogP contribution is -2.23. The van der Waals surface area contributed by atoms with Crippen molar-refractivity contribution in [3.63, 3.8) is 0 Å². The van der Waals surface area contributed by atoms with Gasteiger partial charge in [-0.3, -0.25) is 9.59 Å². The average Bonchev–Trinajstić information content (AvgIpc) is 3.01. The Morgan fingerprint density at radius 1 is 1.02 bits per heavy atom. The van der Waals surface area contributed by atoms with Crippen LogP contribution in [-0.2, 0) is 25.8 Å². The van der Waals surface area contributed by atoms with E-state index in [2.05, 4.69) is 30.1 Å². The number of aldehydes is 1. The maximum absolute atomic E-state index is 11.6. The number of ketones is 1. The zero-order valence-electron chi connectivity index (χ0n) is 28.3. The summed E-state index contributed by atoms with van der Waals surface area (Å²) in [6, 6.07) is 6.27. The van der Waals surface area contributed by atoms with Crippen LogP contribution in [-0.4, -0.2) is 47.9 Å². The number of carbonyl (C=O) groups excluding carboxylic acids is 3. The van der Waals surface area contributed by atoms with Crippen molar-refractivity contribution in [2.24, 2.45) is 5.92 Å². The van der Waals surface area contributed by atoms with E-state index in [1.165, 1.54) is 25.7 Å². The monoisotopic (exact) mass is 624 g/mol. The number of unbranched alkanes of at least 4 members (excludes halogenated alkanes) is 6. The Morgan fingerprint density at radius 3 is 2.16 bits per heavy atom. The van der Waals surface area contributed by atoms with E-state index >= 15 is 0 Å². The first-order chi connectivity index (χ1) is 21.1. The van der Waals surface area contributed by atoms with Crippen LogP contribution in [0, 0.1) is 16.0 Å². The van der Waals surface area contributed by atoms with Gasteiger partial charge >= 0.3 is 5.97 Å². The average molecular weight is 625 g/mol. The predicted octanol–water partition coefficient (Wildman–Crippen LogP) is 7.58. The maximum Gasteiger partial charge on any atom is 0.325 e. The van der Waals surface area contributed by atoms with Crippen molar-refractivity contribution in [3.05, 3.63) is 52.1 Å². The number of Topliss-reactive ketones (excluding diaryl/α,β-unsaturated/α-hetero) is 1. The number of likely N-dealkylation sites (N-methyl/N-ethyl adjacent to an activating group) is 1. The molecule has 2 atom stereocenters. The minimum absolute atomic E-state index is 0.117. The van der Waals surface area contributed by atoms with E-state index in [1.54, 1.807) is 31.3 Å². The first-order valence-corrected chi connectivity index (χ1v) is 16.1. The van der Waals surface area contributed by atoms with Crippen LogP contribution in [0.1, 0.15) is 124 Å². The van der Waals surface area contributed by atoms with Crippen molar-refractivity contribution in [2.75, 3.05) is 13.6 Å². The Morgan fingerprint density at radius 2 is 1.66 bits per heavy atom. The predicted molar refractivity (Wildman–Crippen MR) is 177 cm³/mol. The number of ether oxygens (including phenoxy) is 1. The van der Waals surface area contributed by atoms with Crippen LogP contribution in [0.4, 0.5) is 0 Å². The molecule has 0 saturated heterocycles.